The van der Waals surface area contributed by atoms with Crippen LogP contribution in [0, 0.1) is 13.8 Å². The van der Waals surface area contributed by atoms with Crippen molar-refractivity contribution in [2.45, 2.75) is 25.2 Å². The summed E-state index contributed by atoms with van der Waals surface area (Å²) in [5, 5.41) is 6.10. The number of carbonyl (C=O) groups is 1. The maximum Gasteiger partial charge on any atom is 0.323 e. The molecule has 31 heavy (non-hydrogen) atoms. The zero-order valence-electron chi connectivity index (χ0n) is 17.1. The fourth-order valence-corrected chi connectivity index (χ4v) is 5.18. The molecule has 1 aliphatic rings. The largest absolute Gasteiger partial charge is 0.323 e. The zero-order chi connectivity index (χ0) is 22.2. The molecular formula is C23H22ClN3O3S. The van der Waals surface area contributed by atoms with Crippen molar-refractivity contribution in [3.63, 3.8) is 0 Å². The number of urea groups is 1. The first-order chi connectivity index (χ1) is 14.7. The molecule has 2 amide bonds. The lowest BCUT2D eigenvalue weighted by atomic mass is 10.1. The Balaban J connectivity index is 1.50. The Bertz CT molecular complexity index is 1260. The van der Waals surface area contributed by atoms with Gasteiger partial charge in [0.05, 0.1) is 10.6 Å². The van der Waals surface area contributed by atoms with Crippen molar-refractivity contribution < 1.29 is 13.2 Å². The third-order valence-electron chi connectivity index (χ3n) is 5.23. The molecule has 4 rings (SSSR count). The van der Waals surface area contributed by atoms with Crippen molar-refractivity contribution in [1.29, 1.82) is 0 Å². The number of rotatable bonds is 4. The zero-order valence-corrected chi connectivity index (χ0v) is 18.7. The van der Waals surface area contributed by atoms with Gasteiger partial charge in [0.1, 0.15) is 0 Å². The lowest BCUT2D eigenvalue weighted by Gasteiger charge is -2.20. The predicted molar refractivity (Wildman–Crippen MR) is 125 cm³/mol. The van der Waals surface area contributed by atoms with Gasteiger partial charge in [0, 0.05) is 22.9 Å². The highest BCUT2D eigenvalue weighted by Crippen LogP contribution is 2.34. The van der Waals surface area contributed by atoms with Gasteiger partial charge in [-0.25, -0.2) is 13.2 Å². The second-order valence-corrected chi connectivity index (χ2v) is 9.80. The van der Waals surface area contributed by atoms with Gasteiger partial charge in [-0.3, -0.25) is 4.31 Å². The summed E-state index contributed by atoms with van der Waals surface area (Å²) in [6.07, 6.45) is 0.575. The van der Waals surface area contributed by atoms with Crippen LogP contribution >= 0.6 is 11.6 Å². The molecular weight excluding hydrogens is 434 g/mol. The van der Waals surface area contributed by atoms with E-state index in [1.807, 2.05) is 26.0 Å². The number of nitrogens with zero attached hydrogens (tertiary/aromatic N) is 1. The second-order valence-electron chi connectivity index (χ2n) is 7.53. The molecule has 1 heterocycles. The van der Waals surface area contributed by atoms with Crippen LogP contribution in [0.3, 0.4) is 0 Å². The second kappa shape index (κ2) is 8.24. The summed E-state index contributed by atoms with van der Waals surface area (Å²) in [6.45, 7) is 4.17. The fraction of sp³-hybridized carbons (Fsp3) is 0.174. The highest BCUT2D eigenvalue weighted by molar-refractivity contribution is 7.92. The Morgan fingerprint density at radius 1 is 0.935 bits per heavy atom. The van der Waals surface area contributed by atoms with E-state index in [0.717, 1.165) is 16.7 Å². The minimum absolute atomic E-state index is 0.268. The highest BCUT2D eigenvalue weighted by Gasteiger charge is 2.31. The molecule has 0 bridgehead atoms. The Morgan fingerprint density at radius 3 is 2.26 bits per heavy atom. The van der Waals surface area contributed by atoms with Gasteiger partial charge < -0.3 is 10.6 Å². The monoisotopic (exact) mass is 455 g/mol. The summed E-state index contributed by atoms with van der Waals surface area (Å²) in [5.41, 5.74) is 4.61. The number of halogens is 1. The maximum atomic E-state index is 13.1. The minimum atomic E-state index is -3.63. The Morgan fingerprint density at radius 2 is 1.58 bits per heavy atom. The smallest absolute Gasteiger partial charge is 0.308 e. The van der Waals surface area contributed by atoms with Gasteiger partial charge in [0.2, 0.25) is 0 Å². The molecule has 0 aromatic heterocycles. The van der Waals surface area contributed by atoms with Crippen LogP contribution in [-0.4, -0.2) is 21.0 Å². The normalized spacial score (nSPS) is 13.1. The Hall–Kier alpha value is -3.03. The number of aryl methyl sites for hydroxylation is 2. The molecule has 0 atom stereocenters. The van der Waals surface area contributed by atoms with Crippen LogP contribution in [0.5, 0.6) is 0 Å². The lowest BCUT2D eigenvalue weighted by molar-refractivity contribution is 0.262. The van der Waals surface area contributed by atoms with E-state index in [-0.39, 0.29) is 4.90 Å². The van der Waals surface area contributed by atoms with Gasteiger partial charge in [-0.2, -0.15) is 0 Å². The van der Waals surface area contributed by atoms with Crippen molar-refractivity contribution >= 4 is 44.7 Å². The number of anilines is 3. The minimum Gasteiger partial charge on any atom is -0.308 e. The number of carbonyl (C=O) groups excluding carboxylic acids is 1. The first-order valence-electron chi connectivity index (χ1n) is 9.80. The average Bonchev–Trinajstić information content (AvgIpc) is 3.15. The molecule has 3 aromatic rings. The maximum absolute atomic E-state index is 13.1. The van der Waals surface area contributed by atoms with Gasteiger partial charge in [0.25, 0.3) is 10.0 Å². The van der Waals surface area contributed by atoms with Gasteiger partial charge >= 0.3 is 6.03 Å². The molecule has 1 aliphatic heterocycles. The molecule has 0 unspecified atom stereocenters. The SMILES string of the molecule is Cc1ccc(S(=O)(=O)N2CCc3cc(NC(=O)Nc4ccc(C)c(Cl)c4)ccc32)cc1. The van der Waals surface area contributed by atoms with Gasteiger partial charge in [0.15, 0.2) is 0 Å². The number of benzene rings is 3. The van der Waals surface area contributed by atoms with Gasteiger partial charge in [-0.15, -0.1) is 0 Å². The van der Waals surface area contributed by atoms with Crippen LogP contribution in [0.1, 0.15) is 16.7 Å². The molecule has 8 heteroatoms. The summed E-state index contributed by atoms with van der Waals surface area (Å²) in [7, 11) is -3.63. The van der Waals surface area contributed by atoms with E-state index in [9.17, 15) is 13.2 Å². The number of fused-ring (bicyclic) bond motifs is 1. The lowest BCUT2D eigenvalue weighted by Crippen LogP contribution is -2.29. The van der Waals surface area contributed by atoms with Gasteiger partial charge in [-0.05, 0) is 73.9 Å². The first-order valence-corrected chi connectivity index (χ1v) is 11.6. The van der Waals surface area contributed by atoms with Gasteiger partial charge in [-0.1, -0.05) is 35.4 Å². The highest BCUT2D eigenvalue weighted by atomic mass is 35.5. The first kappa shape index (κ1) is 21.2. The van der Waals surface area contributed by atoms with Crippen LogP contribution in [0.4, 0.5) is 21.9 Å². The standard InChI is InChI=1S/C23H22ClN3O3S/c1-15-3-8-20(9-4-15)31(29,30)27-12-11-17-13-18(7-10-22(17)27)25-23(28)26-19-6-5-16(2)21(24)14-19/h3-10,13-14H,11-12H2,1-2H3,(H2,25,26,28). The molecule has 0 saturated heterocycles. The molecule has 0 fully saturated rings. The molecule has 2 N–H and O–H groups in total. The molecule has 0 saturated carbocycles. The number of amides is 2. The van der Waals surface area contributed by atoms with Crippen molar-refractivity contribution in [2.75, 3.05) is 21.5 Å². The van der Waals surface area contributed by atoms with Crippen molar-refractivity contribution in [1.82, 2.24) is 0 Å². The van der Waals surface area contributed by atoms with E-state index in [2.05, 4.69) is 10.6 Å². The molecule has 6 nitrogen and oxygen atoms in total. The molecule has 0 radical (unpaired) electrons. The van der Waals surface area contributed by atoms with Crippen molar-refractivity contribution in [2.24, 2.45) is 0 Å². The van der Waals surface area contributed by atoms with E-state index in [4.69, 9.17) is 11.6 Å². The topological polar surface area (TPSA) is 78.5 Å². The molecule has 0 spiro atoms. The summed E-state index contributed by atoms with van der Waals surface area (Å²) >= 11 is 6.10. The Labute approximate surface area is 186 Å². The van der Waals surface area contributed by atoms with E-state index < -0.39 is 16.1 Å². The van der Waals surface area contributed by atoms with Crippen molar-refractivity contribution in [3.05, 3.63) is 82.4 Å². The van der Waals surface area contributed by atoms with Crippen LogP contribution in [0.2, 0.25) is 5.02 Å². The third-order valence-corrected chi connectivity index (χ3v) is 7.46. The van der Waals surface area contributed by atoms with E-state index in [0.29, 0.717) is 35.1 Å². The molecule has 160 valence electrons. The number of nitrogens with one attached hydrogen (secondary N) is 2. The summed E-state index contributed by atoms with van der Waals surface area (Å²) < 4.78 is 27.5. The fourth-order valence-electron chi connectivity index (χ4n) is 3.50. The van der Waals surface area contributed by atoms with Crippen molar-refractivity contribution in [3.8, 4) is 0 Å². The van der Waals surface area contributed by atoms with Crippen LogP contribution in [0.25, 0.3) is 0 Å². The average molecular weight is 456 g/mol. The number of sulfonamides is 1. The van der Waals surface area contributed by atoms with Crippen LogP contribution < -0.4 is 14.9 Å². The third kappa shape index (κ3) is 4.38. The van der Waals surface area contributed by atoms with E-state index >= 15 is 0 Å². The van der Waals surface area contributed by atoms with E-state index in [1.54, 1.807) is 48.5 Å². The molecule has 3 aromatic carbocycles. The number of hydrogen-bond donors (Lipinski definition) is 2. The number of hydrogen-bond acceptors (Lipinski definition) is 3. The van der Waals surface area contributed by atoms with Crippen LogP contribution in [0.15, 0.2) is 65.6 Å². The predicted octanol–water partition coefficient (Wildman–Crippen LogP) is 5.35. The van der Waals surface area contributed by atoms with E-state index in [1.165, 1.54) is 4.31 Å². The summed E-state index contributed by atoms with van der Waals surface area (Å²) in [5.74, 6) is 0. The quantitative estimate of drug-likeness (QED) is 0.556. The summed E-state index contributed by atoms with van der Waals surface area (Å²) in [6, 6.07) is 17.0. The molecule has 0 aliphatic carbocycles. The Kier molecular flexibility index (Phi) is 5.64. The van der Waals surface area contributed by atoms with Crippen LogP contribution in [-0.2, 0) is 16.4 Å². The summed E-state index contributed by atoms with van der Waals surface area (Å²) in [4.78, 5) is 12.6.